The Morgan fingerprint density at radius 1 is 0.958 bits per heavy atom. The minimum Gasteiger partial charge on any atom is -0.507 e. The Labute approximate surface area is 142 Å². The predicted octanol–water partition coefficient (Wildman–Crippen LogP) is 5.37. The third-order valence-corrected chi connectivity index (χ3v) is 4.54. The lowest BCUT2D eigenvalue weighted by atomic mass is 9.99. The normalized spacial score (nSPS) is 11.3. The summed E-state index contributed by atoms with van der Waals surface area (Å²) in [5.41, 5.74) is 4.99. The van der Waals surface area contributed by atoms with Crippen LogP contribution in [0.15, 0.2) is 54.6 Å². The number of hydrogen-bond donors (Lipinski definition) is 1. The first-order valence-electron chi connectivity index (χ1n) is 7.98. The SMILES string of the molecule is Cc1cc(/C=C/C(=O)c2ccc3ccccc3c2O)cc(C)c1C. The second-order valence-electron chi connectivity index (χ2n) is 6.16. The molecule has 0 heterocycles. The number of aromatic hydroxyl groups is 1. The summed E-state index contributed by atoms with van der Waals surface area (Å²) in [6.45, 7) is 6.23. The molecule has 24 heavy (non-hydrogen) atoms. The number of rotatable bonds is 3. The van der Waals surface area contributed by atoms with Crippen LogP contribution in [0.2, 0.25) is 0 Å². The van der Waals surface area contributed by atoms with Crippen LogP contribution in [0.1, 0.15) is 32.6 Å². The van der Waals surface area contributed by atoms with Crippen LogP contribution in [0.25, 0.3) is 16.8 Å². The molecule has 0 aromatic heterocycles. The number of phenols is 1. The molecule has 0 unspecified atom stereocenters. The van der Waals surface area contributed by atoms with E-state index in [1.807, 2.05) is 30.3 Å². The highest BCUT2D eigenvalue weighted by Gasteiger charge is 2.11. The van der Waals surface area contributed by atoms with Gasteiger partial charge in [0.25, 0.3) is 0 Å². The number of fused-ring (bicyclic) bond motifs is 1. The van der Waals surface area contributed by atoms with Gasteiger partial charge in [-0.15, -0.1) is 0 Å². The molecule has 0 radical (unpaired) electrons. The van der Waals surface area contributed by atoms with Gasteiger partial charge < -0.3 is 5.11 Å². The topological polar surface area (TPSA) is 37.3 Å². The number of aryl methyl sites for hydroxylation is 2. The van der Waals surface area contributed by atoms with E-state index in [2.05, 4.69) is 32.9 Å². The molecule has 2 nitrogen and oxygen atoms in total. The largest absolute Gasteiger partial charge is 0.507 e. The molecule has 0 saturated heterocycles. The molecular formula is C22H20O2. The second-order valence-corrected chi connectivity index (χ2v) is 6.16. The minimum absolute atomic E-state index is 0.0408. The molecule has 120 valence electrons. The molecular weight excluding hydrogens is 296 g/mol. The van der Waals surface area contributed by atoms with Gasteiger partial charge in [0, 0.05) is 5.39 Å². The lowest BCUT2D eigenvalue weighted by molar-refractivity contribution is 0.104. The van der Waals surface area contributed by atoms with Crippen molar-refractivity contribution in [3.8, 4) is 5.75 Å². The van der Waals surface area contributed by atoms with Gasteiger partial charge in [-0.1, -0.05) is 48.5 Å². The maximum absolute atomic E-state index is 12.5. The molecule has 3 aromatic carbocycles. The zero-order valence-electron chi connectivity index (χ0n) is 14.1. The van der Waals surface area contributed by atoms with E-state index < -0.39 is 0 Å². The average molecular weight is 316 g/mol. The lowest BCUT2D eigenvalue weighted by Crippen LogP contribution is -1.95. The van der Waals surface area contributed by atoms with E-state index in [1.165, 1.54) is 22.8 Å². The number of phenolic OH excluding ortho intramolecular Hbond substituents is 1. The van der Waals surface area contributed by atoms with Gasteiger partial charge in [-0.25, -0.2) is 0 Å². The summed E-state index contributed by atoms with van der Waals surface area (Å²) in [5.74, 6) is -0.159. The molecule has 0 bridgehead atoms. The highest BCUT2D eigenvalue weighted by molar-refractivity contribution is 6.11. The van der Waals surface area contributed by atoms with E-state index in [0.717, 1.165) is 10.9 Å². The molecule has 0 saturated carbocycles. The first-order valence-corrected chi connectivity index (χ1v) is 7.98. The van der Waals surface area contributed by atoms with E-state index in [4.69, 9.17) is 0 Å². The van der Waals surface area contributed by atoms with E-state index >= 15 is 0 Å². The van der Waals surface area contributed by atoms with Crippen molar-refractivity contribution in [3.05, 3.63) is 82.4 Å². The Morgan fingerprint density at radius 2 is 1.62 bits per heavy atom. The molecule has 0 aliphatic carbocycles. The van der Waals surface area contributed by atoms with Gasteiger partial charge in [0.2, 0.25) is 0 Å². The van der Waals surface area contributed by atoms with E-state index in [-0.39, 0.29) is 11.5 Å². The van der Waals surface area contributed by atoms with Crippen LogP contribution in [0, 0.1) is 20.8 Å². The van der Waals surface area contributed by atoms with Crippen LogP contribution in [-0.2, 0) is 0 Å². The molecule has 2 heteroatoms. The van der Waals surface area contributed by atoms with Crippen molar-refractivity contribution in [1.29, 1.82) is 0 Å². The number of allylic oxidation sites excluding steroid dienone is 1. The summed E-state index contributed by atoms with van der Waals surface area (Å²) >= 11 is 0. The van der Waals surface area contributed by atoms with Gasteiger partial charge in [-0.05, 0) is 60.6 Å². The fraction of sp³-hybridized carbons (Fsp3) is 0.136. The molecule has 0 fully saturated rings. The number of carbonyl (C=O) groups is 1. The van der Waals surface area contributed by atoms with Crippen molar-refractivity contribution in [2.45, 2.75) is 20.8 Å². The Balaban J connectivity index is 1.94. The van der Waals surface area contributed by atoms with Gasteiger partial charge in [0.1, 0.15) is 5.75 Å². The molecule has 0 atom stereocenters. The summed E-state index contributed by atoms with van der Waals surface area (Å²) < 4.78 is 0. The van der Waals surface area contributed by atoms with Gasteiger partial charge >= 0.3 is 0 Å². The molecule has 0 amide bonds. The lowest BCUT2D eigenvalue weighted by Gasteiger charge is -2.07. The Kier molecular flexibility index (Phi) is 4.22. The molecule has 1 N–H and O–H groups in total. The standard InChI is InChI=1S/C22H20O2/c1-14-12-17(13-15(2)16(14)3)8-11-21(23)20-10-9-18-6-4-5-7-19(18)22(20)24/h4-13,24H,1-3H3/b11-8+. The van der Waals surface area contributed by atoms with Gasteiger partial charge in [-0.2, -0.15) is 0 Å². The number of carbonyl (C=O) groups excluding carboxylic acids is 1. The van der Waals surface area contributed by atoms with Gasteiger partial charge in [0.05, 0.1) is 5.56 Å². The summed E-state index contributed by atoms with van der Waals surface area (Å²) in [7, 11) is 0. The van der Waals surface area contributed by atoms with Gasteiger partial charge in [-0.3, -0.25) is 4.79 Å². The van der Waals surface area contributed by atoms with Crippen LogP contribution in [-0.4, -0.2) is 10.9 Å². The molecule has 3 aromatic rings. The Morgan fingerprint density at radius 3 is 2.33 bits per heavy atom. The fourth-order valence-corrected chi connectivity index (χ4v) is 2.88. The van der Waals surface area contributed by atoms with Crippen LogP contribution >= 0.6 is 0 Å². The number of ketones is 1. The van der Waals surface area contributed by atoms with Crippen molar-refractivity contribution in [3.63, 3.8) is 0 Å². The summed E-state index contributed by atoms with van der Waals surface area (Å²) in [5, 5.41) is 12.0. The first-order chi connectivity index (χ1) is 11.5. The van der Waals surface area contributed by atoms with Crippen molar-refractivity contribution in [2.24, 2.45) is 0 Å². The quantitative estimate of drug-likeness (QED) is 0.521. The summed E-state index contributed by atoms with van der Waals surface area (Å²) in [6.07, 6.45) is 3.32. The molecule has 0 aliphatic heterocycles. The minimum atomic E-state index is -0.200. The zero-order valence-corrected chi connectivity index (χ0v) is 14.1. The summed E-state index contributed by atoms with van der Waals surface area (Å²) in [4.78, 5) is 12.5. The zero-order chi connectivity index (χ0) is 17.3. The third-order valence-electron chi connectivity index (χ3n) is 4.54. The molecule has 3 rings (SSSR count). The van der Waals surface area contributed by atoms with Crippen molar-refractivity contribution < 1.29 is 9.90 Å². The summed E-state index contributed by atoms with van der Waals surface area (Å²) in [6, 6.07) is 15.1. The van der Waals surface area contributed by atoms with Crippen LogP contribution < -0.4 is 0 Å². The Hall–Kier alpha value is -2.87. The number of benzene rings is 3. The van der Waals surface area contributed by atoms with Crippen LogP contribution in [0.3, 0.4) is 0 Å². The van der Waals surface area contributed by atoms with Crippen molar-refractivity contribution in [1.82, 2.24) is 0 Å². The maximum Gasteiger partial charge on any atom is 0.189 e. The maximum atomic E-state index is 12.5. The van der Waals surface area contributed by atoms with E-state index in [0.29, 0.717) is 10.9 Å². The first kappa shape index (κ1) is 16.0. The third kappa shape index (κ3) is 2.95. The second kappa shape index (κ2) is 6.32. The highest BCUT2D eigenvalue weighted by atomic mass is 16.3. The fourth-order valence-electron chi connectivity index (χ4n) is 2.88. The molecule has 0 aliphatic rings. The predicted molar refractivity (Wildman–Crippen MR) is 99.6 cm³/mol. The smallest absolute Gasteiger partial charge is 0.189 e. The van der Waals surface area contributed by atoms with E-state index in [1.54, 1.807) is 12.1 Å². The van der Waals surface area contributed by atoms with Crippen molar-refractivity contribution in [2.75, 3.05) is 0 Å². The number of hydrogen-bond acceptors (Lipinski definition) is 2. The average Bonchev–Trinajstić information content (AvgIpc) is 2.58. The Bertz CT molecular complexity index is 942. The highest BCUT2D eigenvalue weighted by Crippen LogP contribution is 2.29. The van der Waals surface area contributed by atoms with E-state index in [9.17, 15) is 9.90 Å². The van der Waals surface area contributed by atoms with Crippen molar-refractivity contribution >= 4 is 22.6 Å². The van der Waals surface area contributed by atoms with Crippen LogP contribution in [0.5, 0.6) is 5.75 Å². The van der Waals surface area contributed by atoms with Gasteiger partial charge in [0.15, 0.2) is 5.78 Å². The molecule has 0 spiro atoms. The van der Waals surface area contributed by atoms with Crippen LogP contribution in [0.4, 0.5) is 0 Å². The monoisotopic (exact) mass is 316 g/mol.